The lowest BCUT2D eigenvalue weighted by molar-refractivity contribution is -0.386. The number of carbonyl (C=O) groups is 2. The molecule has 1 atom stereocenters. The van der Waals surface area contributed by atoms with Crippen LogP contribution in [0, 0.1) is 10.1 Å². The summed E-state index contributed by atoms with van der Waals surface area (Å²) in [6.45, 7) is 4.70. The number of ether oxygens (including phenoxy) is 3. The van der Waals surface area contributed by atoms with E-state index in [1.165, 1.54) is 24.6 Å². The third kappa shape index (κ3) is 13.9. The summed E-state index contributed by atoms with van der Waals surface area (Å²) in [5.41, 5.74) is 1.75. The summed E-state index contributed by atoms with van der Waals surface area (Å²) >= 11 is 0. The van der Waals surface area contributed by atoms with Crippen molar-refractivity contribution >= 4 is 17.6 Å². The molecule has 9 nitrogen and oxygen atoms in total. The molecule has 0 aliphatic rings. The van der Waals surface area contributed by atoms with E-state index in [-0.39, 0.29) is 29.5 Å². The quantitative estimate of drug-likeness (QED) is 0.0354. The first-order chi connectivity index (χ1) is 22.8. The van der Waals surface area contributed by atoms with E-state index in [9.17, 15) is 19.7 Å². The molecular formula is C38H49NO8. The van der Waals surface area contributed by atoms with E-state index in [0.29, 0.717) is 12.4 Å². The van der Waals surface area contributed by atoms with Crippen molar-refractivity contribution in [1.82, 2.24) is 0 Å². The number of benzene rings is 3. The number of hydrogen-bond donors (Lipinski definition) is 1. The zero-order chi connectivity index (χ0) is 33.9. The van der Waals surface area contributed by atoms with Crippen molar-refractivity contribution in [2.45, 2.75) is 110 Å². The van der Waals surface area contributed by atoms with Gasteiger partial charge >= 0.3 is 17.6 Å². The lowest BCUT2D eigenvalue weighted by Crippen LogP contribution is -2.14. The molecule has 0 saturated carbocycles. The van der Waals surface area contributed by atoms with Gasteiger partial charge in [-0.2, -0.15) is 0 Å². The fourth-order valence-corrected chi connectivity index (χ4v) is 5.27. The molecule has 0 unspecified atom stereocenters. The highest BCUT2D eigenvalue weighted by molar-refractivity contribution is 5.92. The molecule has 0 saturated heterocycles. The van der Waals surface area contributed by atoms with E-state index in [2.05, 4.69) is 6.92 Å². The number of aliphatic carboxylic acids is 1. The molecule has 47 heavy (non-hydrogen) atoms. The molecular weight excluding hydrogens is 598 g/mol. The Bertz CT molecular complexity index is 1390. The standard InChI is InChI=1S/C38H49NO8/c1-3-4-5-12-15-29(2)46-36-26-21-32(28-35(36)39(43)44)38(42)47-34-24-19-31(20-25-34)30-17-22-33(23-18-30)45-27-14-11-9-7-6-8-10-13-16-37(40)41/h17-26,28-29H,3-16,27H2,1-2H3,(H,40,41)/t29-/m0/s1. The van der Waals surface area contributed by atoms with Crippen LogP contribution in [0.5, 0.6) is 17.2 Å². The number of carbonyl (C=O) groups excluding carboxylic acids is 1. The first-order valence-electron chi connectivity index (χ1n) is 17.0. The molecule has 3 aromatic carbocycles. The number of esters is 1. The Morgan fingerprint density at radius 3 is 1.94 bits per heavy atom. The average molecular weight is 648 g/mol. The first-order valence-corrected chi connectivity index (χ1v) is 17.0. The zero-order valence-electron chi connectivity index (χ0n) is 27.8. The third-order valence-corrected chi connectivity index (χ3v) is 7.99. The molecule has 0 heterocycles. The van der Waals surface area contributed by atoms with Gasteiger partial charge in [0, 0.05) is 12.5 Å². The van der Waals surface area contributed by atoms with Gasteiger partial charge in [-0.15, -0.1) is 0 Å². The van der Waals surface area contributed by atoms with E-state index in [4.69, 9.17) is 19.3 Å². The highest BCUT2D eigenvalue weighted by Gasteiger charge is 2.21. The smallest absolute Gasteiger partial charge is 0.343 e. The minimum atomic E-state index is -0.713. The van der Waals surface area contributed by atoms with E-state index >= 15 is 0 Å². The van der Waals surface area contributed by atoms with E-state index in [1.54, 1.807) is 12.1 Å². The molecule has 0 amide bonds. The third-order valence-electron chi connectivity index (χ3n) is 7.99. The maximum atomic E-state index is 12.8. The molecule has 0 spiro atoms. The van der Waals surface area contributed by atoms with Crippen molar-refractivity contribution in [3.05, 3.63) is 82.4 Å². The monoisotopic (exact) mass is 647 g/mol. The largest absolute Gasteiger partial charge is 0.494 e. The number of unbranched alkanes of at least 4 members (excludes halogenated alkanes) is 10. The summed E-state index contributed by atoms with van der Waals surface area (Å²) in [5.74, 6) is -0.111. The van der Waals surface area contributed by atoms with E-state index in [1.807, 2.05) is 43.3 Å². The van der Waals surface area contributed by atoms with Crippen LogP contribution in [0.4, 0.5) is 5.69 Å². The minimum Gasteiger partial charge on any atom is -0.494 e. The van der Waals surface area contributed by atoms with Gasteiger partial charge in [0.25, 0.3) is 0 Å². The van der Waals surface area contributed by atoms with Crippen LogP contribution in [0.2, 0.25) is 0 Å². The summed E-state index contributed by atoms with van der Waals surface area (Å²) < 4.78 is 17.2. The number of rotatable bonds is 23. The van der Waals surface area contributed by atoms with Crippen molar-refractivity contribution in [2.24, 2.45) is 0 Å². The summed E-state index contributed by atoms with van der Waals surface area (Å²) in [5, 5.41) is 20.4. The molecule has 0 fully saturated rings. The highest BCUT2D eigenvalue weighted by Crippen LogP contribution is 2.31. The van der Waals surface area contributed by atoms with Crippen molar-refractivity contribution in [2.75, 3.05) is 6.61 Å². The highest BCUT2D eigenvalue weighted by atomic mass is 16.6. The van der Waals surface area contributed by atoms with Crippen LogP contribution in [0.25, 0.3) is 11.1 Å². The molecule has 0 aromatic heterocycles. The van der Waals surface area contributed by atoms with E-state index < -0.39 is 16.9 Å². The Kier molecular flexibility index (Phi) is 16.3. The maximum absolute atomic E-state index is 12.8. The molecule has 0 radical (unpaired) electrons. The summed E-state index contributed by atoms with van der Waals surface area (Å²) in [4.78, 5) is 34.5. The molecule has 0 bridgehead atoms. The number of nitro groups is 1. The lowest BCUT2D eigenvalue weighted by atomic mass is 10.1. The molecule has 254 valence electrons. The SMILES string of the molecule is CCCCCC[C@H](C)Oc1ccc(C(=O)Oc2ccc(-c3ccc(OCCCCCCCCCCC(=O)O)cc3)cc2)cc1[N+](=O)[O-]. The summed E-state index contributed by atoms with van der Waals surface area (Å²) in [6.07, 6.45) is 13.7. The minimum absolute atomic E-state index is 0.0734. The Labute approximate surface area is 278 Å². The molecule has 3 aromatic rings. The predicted molar refractivity (Wildman–Crippen MR) is 183 cm³/mol. The van der Waals surface area contributed by atoms with Crippen LogP contribution in [0.1, 0.15) is 114 Å². The first kappa shape index (κ1) is 37.1. The van der Waals surface area contributed by atoms with Gasteiger partial charge in [-0.3, -0.25) is 14.9 Å². The van der Waals surface area contributed by atoms with Crippen molar-refractivity contribution in [1.29, 1.82) is 0 Å². The van der Waals surface area contributed by atoms with Crippen molar-refractivity contribution in [3.8, 4) is 28.4 Å². The second-order valence-electron chi connectivity index (χ2n) is 12.0. The van der Waals surface area contributed by atoms with Gasteiger partial charge in [0.05, 0.1) is 23.2 Å². The summed E-state index contributed by atoms with van der Waals surface area (Å²) in [6, 6.07) is 19.1. The number of carboxylic acid groups (broad SMARTS) is 1. The van der Waals surface area contributed by atoms with Gasteiger partial charge in [0.2, 0.25) is 0 Å². The van der Waals surface area contributed by atoms with Gasteiger partial charge in [-0.25, -0.2) is 4.79 Å². The molecule has 3 rings (SSSR count). The molecule has 0 aliphatic carbocycles. The average Bonchev–Trinajstić information content (AvgIpc) is 3.06. The Morgan fingerprint density at radius 1 is 0.766 bits per heavy atom. The molecule has 9 heteroatoms. The van der Waals surface area contributed by atoms with Gasteiger partial charge < -0.3 is 19.3 Å². The lowest BCUT2D eigenvalue weighted by Gasteiger charge is -2.15. The topological polar surface area (TPSA) is 125 Å². The van der Waals surface area contributed by atoms with Crippen LogP contribution in [-0.4, -0.2) is 34.7 Å². The Hall–Kier alpha value is -4.40. The molecule has 0 aliphatic heterocycles. The second-order valence-corrected chi connectivity index (χ2v) is 12.0. The Balaban J connectivity index is 1.42. The fraction of sp³-hybridized carbons (Fsp3) is 0.474. The zero-order valence-corrected chi connectivity index (χ0v) is 27.8. The molecule has 1 N–H and O–H groups in total. The van der Waals surface area contributed by atoms with Gasteiger partial charge in [-0.05, 0) is 80.1 Å². The van der Waals surface area contributed by atoms with Crippen LogP contribution in [0.3, 0.4) is 0 Å². The van der Waals surface area contributed by atoms with Crippen LogP contribution >= 0.6 is 0 Å². The maximum Gasteiger partial charge on any atom is 0.343 e. The number of carboxylic acids is 1. The van der Waals surface area contributed by atoms with Crippen molar-refractivity contribution in [3.63, 3.8) is 0 Å². The summed E-state index contributed by atoms with van der Waals surface area (Å²) in [7, 11) is 0. The van der Waals surface area contributed by atoms with E-state index in [0.717, 1.165) is 93.9 Å². The normalized spacial score (nSPS) is 11.5. The fourth-order valence-electron chi connectivity index (χ4n) is 5.27. The van der Waals surface area contributed by atoms with Gasteiger partial charge in [0.15, 0.2) is 5.75 Å². The van der Waals surface area contributed by atoms with Gasteiger partial charge in [0.1, 0.15) is 11.5 Å². The number of nitrogens with zero attached hydrogens (tertiary/aromatic N) is 1. The predicted octanol–water partition coefficient (Wildman–Crippen LogP) is 10.2. The van der Waals surface area contributed by atoms with Crippen molar-refractivity contribution < 1.29 is 33.8 Å². The van der Waals surface area contributed by atoms with Gasteiger partial charge in [-0.1, -0.05) is 89.0 Å². The second kappa shape index (κ2) is 20.7. The number of hydrogen-bond acceptors (Lipinski definition) is 7. The van der Waals surface area contributed by atoms with Crippen LogP contribution in [-0.2, 0) is 4.79 Å². The Morgan fingerprint density at radius 2 is 1.34 bits per heavy atom. The van der Waals surface area contributed by atoms with Crippen LogP contribution in [0.15, 0.2) is 66.7 Å². The van der Waals surface area contributed by atoms with Crippen LogP contribution < -0.4 is 14.2 Å². The number of nitro benzene ring substituents is 1.